The van der Waals surface area contributed by atoms with Crippen molar-refractivity contribution >= 4 is 16.7 Å². The zero-order valence-electron chi connectivity index (χ0n) is 12.1. The zero-order valence-corrected chi connectivity index (χ0v) is 12.1. The van der Waals surface area contributed by atoms with Crippen molar-refractivity contribution in [3.05, 3.63) is 58.5 Å². The summed E-state index contributed by atoms with van der Waals surface area (Å²) in [5.74, 6) is -0.876. The molecule has 0 radical (unpaired) electrons. The highest BCUT2D eigenvalue weighted by molar-refractivity contribution is 5.84. The molecule has 0 saturated heterocycles. The number of fused-ring (bicyclic) bond motifs is 1. The highest BCUT2D eigenvalue weighted by Gasteiger charge is 2.17. The minimum Gasteiger partial charge on any atom is -0.480 e. The summed E-state index contributed by atoms with van der Waals surface area (Å²) in [5, 5.41) is 10.4. The number of para-hydroxylation sites is 1. The third-order valence-corrected chi connectivity index (χ3v) is 3.50. The molecule has 0 spiro atoms. The molecule has 0 aliphatic heterocycles. The average Bonchev–Trinajstić information content (AvgIpc) is 2.48. The van der Waals surface area contributed by atoms with Crippen LogP contribution in [0.25, 0.3) is 22.1 Å². The molecule has 112 valence electrons. The highest BCUT2D eigenvalue weighted by atomic mass is 19.1. The summed E-state index contributed by atoms with van der Waals surface area (Å²) in [6.45, 7) is 0. The summed E-state index contributed by atoms with van der Waals surface area (Å²) in [4.78, 5) is 14.2. The molecule has 5 heteroatoms. The monoisotopic (exact) mass is 299 g/mol. The molecule has 0 amide bonds. The minimum atomic E-state index is -0.472. The van der Waals surface area contributed by atoms with Crippen molar-refractivity contribution in [1.29, 1.82) is 0 Å². The molecule has 0 aliphatic carbocycles. The Morgan fingerprint density at radius 1 is 1.14 bits per heavy atom. The number of aromatic hydroxyl groups is 1. The first kappa shape index (κ1) is 14.1. The molecule has 1 aromatic heterocycles. The van der Waals surface area contributed by atoms with Crippen LogP contribution in [0.5, 0.6) is 5.95 Å². The molecule has 3 rings (SSSR count). The maximum atomic E-state index is 13.8. The van der Waals surface area contributed by atoms with Gasteiger partial charge in [-0.3, -0.25) is 4.79 Å². The van der Waals surface area contributed by atoms with Crippen LogP contribution in [0.2, 0.25) is 0 Å². The quantitative estimate of drug-likeness (QED) is 0.788. The van der Waals surface area contributed by atoms with Gasteiger partial charge in [-0.05, 0) is 29.8 Å². The maximum Gasteiger partial charge on any atom is 0.294 e. The van der Waals surface area contributed by atoms with Gasteiger partial charge in [-0.1, -0.05) is 18.2 Å². The van der Waals surface area contributed by atoms with E-state index in [1.54, 1.807) is 43.3 Å². The van der Waals surface area contributed by atoms with E-state index in [0.29, 0.717) is 22.2 Å². The summed E-state index contributed by atoms with van der Waals surface area (Å²) < 4.78 is 19.1. The van der Waals surface area contributed by atoms with Gasteiger partial charge in [0.25, 0.3) is 5.95 Å². The van der Waals surface area contributed by atoms with E-state index in [-0.39, 0.29) is 11.0 Å². The van der Waals surface area contributed by atoms with Crippen LogP contribution in [-0.2, 0) is 0 Å². The van der Waals surface area contributed by atoms with Gasteiger partial charge < -0.3 is 14.4 Å². The third kappa shape index (κ3) is 2.20. The Morgan fingerprint density at radius 2 is 1.86 bits per heavy atom. The molecular formula is C17H14FNO3. The Labute approximate surface area is 126 Å². The van der Waals surface area contributed by atoms with Crippen LogP contribution in [0.15, 0.2) is 51.7 Å². The average molecular weight is 299 g/mol. The van der Waals surface area contributed by atoms with E-state index in [4.69, 9.17) is 4.42 Å². The van der Waals surface area contributed by atoms with E-state index < -0.39 is 11.8 Å². The number of benzene rings is 2. The summed E-state index contributed by atoms with van der Waals surface area (Å²) in [7, 11) is 3.40. The first-order chi connectivity index (χ1) is 10.5. The maximum absolute atomic E-state index is 13.8. The fourth-order valence-corrected chi connectivity index (χ4v) is 2.40. The Balaban J connectivity index is 2.31. The highest BCUT2D eigenvalue weighted by Crippen LogP contribution is 2.32. The number of rotatable bonds is 2. The Hall–Kier alpha value is -2.82. The van der Waals surface area contributed by atoms with Gasteiger partial charge >= 0.3 is 0 Å². The molecule has 0 unspecified atom stereocenters. The molecule has 3 aromatic rings. The number of nitrogens with zero attached hydrogens (tertiary/aromatic N) is 1. The molecule has 0 saturated carbocycles. The van der Waals surface area contributed by atoms with Crippen LogP contribution in [0, 0.1) is 5.82 Å². The van der Waals surface area contributed by atoms with Gasteiger partial charge in [-0.2, -0.15) is 0 Å². The predicted molar refractivity (Wildman–Crippen MR) is 83.9 cm³/mol. The van der Waals surface area contributed by atoms with E-state index in [1.165, 1.54) is 18.2 Å². The number of anilines is 1. The predicted octanol–water partition coefficient (Wildman–Crippen LogP) is 3.37. The van der Waals surface area contributed by atoms with Gasteiger partial charge in [-0.25, -0.2) is 4.39 Å². The van der Waals surface area contributed by atoms with Crippen LogP contribution >= 0.6 is 0 Å². The van der Waals surface area contributed by atoms with E-state index in [0.717, 1.165) is 0 Å². The Bertz CT molecular complexity index is 915. The summed E-state index contributed by atoms with van der Waals surface area (Å²) >= 11 is 0. The molecule has 22 heavy (non-hydrogen) atoms. The van der Waals surface area contributed by atoms with E-state index in [2.05, 4.69) is 0 Å². The second-order valence-electron chi connectivity index (χ2n) is 5.17. The lowest BCUT2D eigenvalue weighted by atomic mass is 10.0. The summed E-state index contributed by atoms with van der Waals surface area (Å²) in [6, 6.07) is 10.9. The summed E-state index contributed by atoms with van der Waals surface area (Å²) in [5.41, 5.74) is 0.715. The van der Waals surface area contributed by atoms with Crippen LogP contribution in [-0.4, -0.2) is 19.2 Å². The molecule has 4 nitrogen and oxygen atoms in total. The smallest absolute Gasteiger partial charge is 0.294 e. The summed E-state index contributed by atoms with van der Waals surface area (Å²) in [6.07, 6.45) is 0. The normalized spacial score (nSPS) is 10.9. The second kappa shape index (κ2) is 5.18. The fourth-order valence-electron chi connectivity index (χ4n) is 2.40. The molecule has 0 fully saturated rings. The van der Waals surface area contributed by atoms with Crippen molar-refractivity contribution in [1.82, 2.24) is 0 Å². The van der Waals surface area contributed by atoms with Crippen molar-refractivity contribution in [2.45, 2.75) is 0 Å². The van der Waals surface area contributed by atoms with Crippen LogP contribution in [0.1, 0.15) is 0 Å². The lowest BCUT2D eigenvalue weighted by Crippen LogP contribution is -2.11. The molecule has 0 atom stereocenters. The van der Waals surface area contributed by atoms with E-state index in [9.17, 15) is 14.3 Å². The lowest BCUT2D eigenvalue weighted by Gasteiger charge is -2.15. The number of hydrogen-bond acceptors (Lipinski definition) is 4. The standard InChI is InChI=1S/C17H14FNO3/c1-19(2)13-9-10(7-8-12(13)18)15-16(20)11-5-3-4-6-14(11)22-17(15)21/h3-9,21H,1-2H3. The SMILES string of the molecule is CN(C)c1cc(-c2c(O)oc3ccccc3c2=O)ccc1F. The van der Waals surface area contributed by atoms with E-state index in [1.807, 2.05) is 0 Å². The lowest BCUT2D eigenvalue weighted by molar-refractivity contribution is 0.342. The molecule has 1 N–H and O–H groups in total. The van der Waals surface area contributed by atoms with Crippen LogP contribution < -0.4 is 10.3 Å². The Morgan fingerprint density at radius 3 is 2.59 bits per heavy atom. The third-order valence-electron chi connectivity index (χ3n) is 3.50. The first-order valence-electron chi connectivity index (χ1n) is 6.71. The first-order valence-corrected chi connectivity index (χ1v) is 6.71. The van der Waals surface area contributed by atoms with Gasteiger partial charge in [0.2, 0.25) is 5.43 Å². The van der Waals surface area contributed by atoms with Gasteiger partial charge in [0, 0.05) is 14.1 Å². The number of halogens is 1. The topological polar surface area (TPSA) is 53.7 Å². The fraction of sp³-hybridized carbons (Fsp3) is 0.118. The van der Waals surface area contributed by atoms with Crippen LogP contribution in [0.4, 0.5) is 10.1 Å². The largest absolute Gasteiger partial charge is 0.480 e. The van der Waals surface area contributed by atoms with Crippen molar-refractivity contribution in [3.63, 3.8) is 0 Å². The zero-order chi connectivity index (χ0) is 15.9. The minimum absolute atomic E-state index is 0.0294. The van der Waals surface area contributed by atoms with Crippen molar-refractivity contribution in [3.8, 4) is 17.1 Å². The number of hydrogen-bond donors (Lipinski definition) is 1. The van der Waals surface area contributed by atoms with Crippen molar-refractivity contribution in [2.24, 2.45) is 0 Å². The van der Waals surface area contributed by atoms with Gasteiger partial charge in [0.15, 0.2) is 0 Å². The molecule has 1 heterocycles. The van der Waals surface area contributed by atoms with E-state index >= 15 is 0 Å². The van der Waals surface area contributed by atoms with Crippen molar-refractivity contribution < 1.29 is 13.9 Å². The van der Waals surface area contributed by atoms with Crippen LogP contribution in [0.3, 0.4) is 0 Å². The molecule has 0 aliphatic rings. The molecule has 2 aromatic carbocycles. The molecule has 0 bridgehead atoms. The Kier molecular flexibility index (Phi) is 3.33. The molecular weight excluding hydrogens is 285 g/mol. The second-order valence-corrected chi connectivity index (χ2v) is 5.17. The van der Waals surface area contributed by atoms with Gasteiger partial charge in [0.1, 0.15) is 17.0 Å². The van der Waals surface area contributed by atoms with Gasteiger partial charge in [0.05, 0.1) is 11.1 Å². The van der Waals surface area contributed by atoms with Gasteiger partial charge in [-0.15, -0.1) is 0 Å². The van der Waals surface area contributed by atoms with Crippen molar-refractivity contribution in [2.75, 3.05) is 19.0 Å².